The van der Waals surface area contributed by atoms with E-state index in [9.17, 15) is 0 Å². The molecule has 2 aliphatic heterocycles. The molecule has 8 aliphatic rings. The smallest absolute Gasteiger partial charge is 0.0788 e. The molecule has 8 atom stereocenters. The van der Waals surface area contributed by atoms with Crippen molar-refractivity contribution in [2.45, 2.75) is 129 Å². The molecule has 0 amide bonds. The van der Waals surface area contributed by atoms with Crippen LogP contribution in [0.2, 0.25) is 37.3 Å². The first-order valence-corrected chi connectivity index (χ1v) is 30.9. The highest BCUT2D eigenvalue weighted by Gasteiger charge is 2.42. The normalized spacial score (nSPS) is 33.7. The van der Waals surface area contributed by atoms with E-state index < -0.39 is 16.1 Å². The monoisotopic (exact) mass is 861 g/mol. The van der Waals surface area contributed by atoms with Crippen LogP contribution in [0.15, 0.2) is 194 Å². The number of hydrogen-bond acceptors (Lipinski definition) is 0. The Bertz CT molecular complexity index is 1680. The third-order valence-electron chi connectivity index (χ3n) is 14.7. The van der Waals surface area contributed by atoms with Crippen molar-refractivity contribution in [2.24, 2.45) is 46.3 Å². The molecular formula is C60H84Si2. The van der Waals surface area contributed by atoms with E-state index in [1.54, 1.807) is 0 Å². The zero-order valence-electron chi connectivity index (χ0n) is 40.2. The lowest BCUT2D eigenvalue weighted by Crippen LogP contribution is -2.42. The van der Waals surface area contributed by atoms with Gasteiger partial charge in [0.2, 0.25) is 0 Å². The molecule has 0 radical (unpaired) electrons. The van der Waals surface area contributed by atoms with Gasteiger partial charge in [0.1, 0.15) is 0 Å². The van der Waals surface area contributed by atoms with Crippen LogP contribution < -0.4 is 0 Å². The molecule has 0 aromatic heterocycles. The molecule has 0 nitrogen and oxygen atoms in total. The van der Waals surface area contributed by atoms with Gasteiger partial charge in [-0.15, -0.1) is 0 Å². The average Bonchev–Trinajstić information content (AvgIpc) is 3.66. The minimum Gasteiger partial charge on any atom is -0.0942 e. The van der Waals surface area contributed by atoms with Crippen molar-refractivity contribution >= 4 is 16.1 Å². The maximum atomic E-state index is 2.49. The minimum absolute atomic E-state index is 0.256. The van der Waals surface area contributed by atoms with Crippen LogP contribution >= 0.6 is 0 Å². The maximum absolute atomic E-state index is 2.49. The molecule has 6 aliphatic carbocycles. The van der Waals surface area contributed by atoms with Crippen LogP contribution in [0.25, 0.3) is 0 Å². The predicted molar refractivity (Wildman–Crippen MR) is 283 cm³/mol. The Morgan fingerprint density at radius 3 is 1.02 bits per heavy atom. The van der Waals surface area contributed by atoms with E-state index in [2.05, 4.69) is 248 Å². The van der Waals surface area contributed by atoms with E-state index in [4.69, 9.17) is 0 Å². The molecule has 62 heavy (non-hydrogen) atoms. The zero-order valence-corrected chi connectivity index (χ0v) is 42.2. The Morgan fingerprint density at radius 1 is 0.339 bits per heavy atom. The summed E-state index contributed by atoms with van der Waals surface area (Å²) in [7, 11) is -2.43. The summed E-state index contributed by atoms with van der Waals surface area (Å²) in [6.07, 6.45) is 81.4. The van der Waals surface area contributed by atoms with Crippen LogP contribution in [0.5, 0.6) is 0 Å². The molecule has 8 rings (SSSR count). The Kier molecular flexibility index (Phi) is 19.4. The summed E-state index contributed by atoms with van der Waals surface area (Å²) in [6.45, 7) is 19.3. The van der Waals surface area contributed by atoms with Crippen LogP contribution in [0.3, 0.4) is 0 Å². The first kappa shape index (κ1) is 49.3. The van der Waals surface area contributed by atoms with Crippen LogP contribution in [0.1, 0.15) is 91.9 Å². The molecule has 0 bridgehead atoms. The van der Waals surface area contributed by atoms with E-state index in [1.807, 2.05) is 0 Å². The lowest BCUT2D eigenvalue weighted by molar-refractivity contribution is 0.181. The minimum atomic E-state index is -1.21. The molecular weight excluding hydrogens is 777 g/mol. The van der Waals surface area contributed by atoms with Gasteiger partial charge in [-0.25, -0.2) is 0 Å². The molecule has 0 aromatic rings. The highest BCUT2D eigenvalue weighted by molar-refractivity contribution is 6.90. The topological polar surface area (TPSA) is 0 Å². The molecule has 0 fully saturated rings. The van der Waals surface area contributed by atoms with Crippen LogP contribution in [-0.4, -0.2) is 16.1 Å². The first-order valence-electron chi connectivity index (χ1n) is 24.6. The fourth-order valence-corrected chi connectivity index (χ4v) is 18.1. The summed E-state index contributed by atoms with van der Waals surface area (Å²) in [6, 6.07) is 0. The SMILES string of the molecule is C1=CCCC(C2C=CC=CCC2)C=C1.C1=CCCCC(C2/C=C\C=C/CCC2)C=C1.CC1(C)C=CC=CC1C1C=CC=CC1(C)C.C[Si]1(C)C=CC=CC1C1C=CC=C[Si]1(C)C. The third-order valence-corrected chi connectivity index (χ3v) is 21.7. The second-order valence-electron chi connectivity index (χ2n) is 21.3. The van der Waals surface area contributed by atoms with E-state index in [0.29, 0.717) is 11.8 Å². The fourth-order valence-electron chi connectivity index (χ4n) is 10.6. The highest BCUT2D eigenvalue weighted by atomic mass is 28.3. The second-order valence-corrected chi connectivity index (χ2v) is 30.6. The van der Waals surface area contributed by atoms with Crippen LogP contribution in [0.4, 0.5) is 0 Å². The Hall–Kier alpha value is -3.73. The van der Waals surface area contributed by atoms with Crippen molar-refractivity contribution in [1.82, 2.24) is 0 Å². The van der Waals surface area contributed by atoms with Gasteiger partial charge >= 0.3 is 0 Å². The zero-order chi connectivity index (χ0) is 44.3. The average molecular weight is 862 g/mol. The lowest BCUT2D eigenvalue weighted by atomic mass is 9.61. The van der Waals surface area contributed by atoms with Crippen molar-refractivity contribution in [3.05, 3.63) is 194 Å². The van der Waals surface area contributed by atoms with Gasteiger partial charge in [-0.1, -0.05) is 248 Å². The quantitative estimate of drug-likeness (QED) is 0.247. The molecule has 8 unspecified atom stereocenters. The summed E-state index contributed by atoms with van der Waals surface area (Å²) >= 11 is 0. The van der Waals surface area contributed by atoms with Crippen molar-refractivity contribution < 1.29 is 0 Å². The van der Waals surface area contributed by atoms with Gasteiger partial charge in [0.25, 0.3) is 0 Å². The van der Waals surface area contributed by atoms with Crippen molar-refractivity contribution in [3.8, 4) is 0 Å². The van der Waals surface area contributed by atoms with Crippen molar-refractivity contribution in [3.63, 3.8) is 0 Å². The number of allylic oxidation sites excluding steroid dienone is 30. The van der Waals surface area contributed by atoms with E-state index >= 15 is 0 Å². The summed E-state index contributed by atoms with van der Waals surface area (Å²) in [4.78, 5) is 0. The molecule has 0 saturated heterocycles. The van der Waals surface area contributed by atoms with Crippen LogP contribution in [0, 0.1) is 46.3 Å². The van der Waals surface area contributed by atoms with Crippen LogP contribution in [-0.2, 0) is 0 Å². The summed E-state index contributed by atoms with van der Waals surface area (Å²) in [5.41, 5.74) is 7.09. The number of rotatable bonds is 4. The summed E-state index contributed by atoms with van der Waals surface area (Å²) in [5, 5.41) is 0. The van der Waals surface area contributed by atoms with Gasteiger partial charge in [-0.3, -0.25) is 0 Å². The fraction of sp³-hybridized carbons (Fsp3) is 0.467. The molecule has 2 heteroatoms. The predicted octanol–water partition coefficient (Wildman–Crippen LogP) is 17.8. The lowest BCUT2D eigenvalue weighted by Gasteiger charge is -2.43. The Labute approximate surface area is 383 Å². The highest BCUT2D eigenvalue weighted by Crippen LogP contribution is 2.48. The summed E-state index contributed by atoms with van der Waals surface area (Å²) in [5.74, 6) is 4.20. The largest absolute Gasteiger partial charge is 0.0942 e. The van der Waals surface area contributed by atoms with Crippen molar-refractivity contribution in [1.29, 1.82) is 0 Å². The van der Waals surface area contributed by atoms with Gasteiger partial charge in [0.15, 0.2) is 0 Å². The van der Waals surface area contributed by atoms with Gasteiger partial charge < -0.3 is 0 Å². The maximum Gasteiger partial charge on any atom is 0.0788 e. The van der Waals surface area contributed by atoms with E-state index in [1.165, 1.54) is 64.2 Å². The second kappa shape index (κ2) is 24.4. The van der Waals surface area contributed by atoms with E-state index in [0.717, 1.165) is 34.8 Å². The van der Waals surface area contributed by atoms with Crippen molar-refractivity contribution in [2.75, 3.05) is 0 Å². The molecule has 0 aromatic carbocycles. The Balaban J connectivity index is 0.000000156. The number of hydrogen-bond donors (Lipinski definition) is 0. The van der Waals surface area contributed by atoms with Gasteiger partial charge in [-0.2, -0.15) is 0 Å². The van der Waals surface area contributed by atoms with E-state index in [-0.39, 0.29) is 10.8 Å². The molecule has 2 heterocycles. The summed E-state index contributed by atoms with van der Waals surface area (Å²) < 4.78 is 0. The standard InChI is InChI=1S/2C16H22.C14H22Si2.C14H18/c1-15(2)11-7-5-9-13(15)14-10-6-8-12-16(14,3)4;1-3-7-11-15(12-8-4-1)16-13-9-5-2-6-10-14-16;1-15(2)11-7-5-9-13(15)14-10-6-8-12-16(14,3)4;1-2-6-10-13(9-5-1)14-11-7-3-4-8-12-14/h5-14H,1-4H3;1-3,5,7,9,11,13,15-16H,4,6,8,10,12,14H2;5-14H,1-4H3;1-5,7,9,11,13-14H,6,8,10,12H2/b;3-1-,5-2?,11-7-,13-9?;;. The van der Waals surface area contributed by atoms with Gasteiger partial charge in [0, 0.05) is 0 Å². The molecule has 0 spiro atoms. The molecule has 0 N–H and O–H groups in total. The molecule has 332 valence electrons. The molecule has 0 saturated carbocycles. The first-order chi connectivity index (χ1) is 29.8. The Morgan fingerprint density at radius 2 is 0.661 bits per heavy atom. The van der Waals surface area contributed by atoms with Gasteiger partial charge in [-0.05, 0) is 122 Å². The van der Waals surface area contributed by atoms with Gasteiger partial charge in [0.05, 0.1) is 16.1 Å². The third kappa shape index (κ3) is 15.2.